The van der Waals surface area contributed by atoms with E-state index >= 15 is 0 Å². The lowest BCUT2D eigenvalue weighted by atomic mass is 9.97. The highest BCUT2D eigenvalue weighted by Crippen LogP contribution is 2.37. The van der Waals surface area contributed by atoms with Gasteiger partial charge in [0.05, 0.1) is 17.8 Å². The highest BCUT2D eigenvalue weighted by atomic mass is 19.3. The second-order valence-corrected chi connectivity index (χ2v) is 6.12. The fourth-order valence-corrected chi connectivity index (χ4v) is 3.59. The van der Waals surface area contributed by atoms with Crippen LogP contribution in [0.25, 0.3) is 0 Å². The van der Waals surface area contributed by atoms with Gasteiger partial charge in [0.15, 0.2) is 0 Å². The lowest BCUT2D eigenvalue weighted by molar-refractivity contribution is -0.144. The summed E-state index contributed by atoms with van der Waals surface area (Å²) < 4.78 is 39.2. The summed E-state index contributed by atoms with van der Waals surface area (Å²) in [4.78, 5) is 25.0. The Bertz CT molecular complexity index is 649. The van der Waals surface area contributed by atoms with Crippen molar-refractivity contribution >= 4 is 11.9 Å². The Morgan fingerprint density at radius 1 is 1.26 bits per heavy atom. The fraction of sp³-hybridized carbons (Fsp3) is 0.500. The van der Waals surface area contributed by atoms with Crippen LogP contribution in [0.3, 0.4) is 0 Å². The standard InChI is InChI=1S/C16H16F3NO3/c17-9-2-4-10-8(5-9)1-3-11(10)15(21)20-6-12(14(18)19)13(7-20)16(22)23/h2,4-5,11-14H,1,3,6-7H2,(H,22,23)/t11?,12-,13-/m1/s1. The molecule has 1 fully saturated rings. The molecule has 1 amide bonds. The van der Waals surface area contributed by atoms with E-state index in [0.29, 0.717) is 18.4 Å². The number of aliphatic carboxylic acids is 1. The topological polar surface area (TPSA) is 57.6 Å². The maximum Gasteiger partial charge on any atom is 0.308 e. The first kappa shape index (κ1) is 15.8. The first-order valence-electron chi connectivity index (χ1n) is 7.46. The second-order valence-electron chi connectivity index (χ2n) is 6.12. The number of rotatable bonds is 3. The monoisotopic (exact) mass is 327 g/mol. The third kappa shape index (κ3) is 2.80. The van der Waals surface area contributed by atoms with Gasteiger partial charge in [0.2, 0.25) is 12.3 Å². The zero-order chi connectivity index (χ0) is 16.7. The van der Waals surface area contributed by atoms with Crippen molar-refractivity contribution in [2.24, 2.45) is 11.8 Å². The summed E-state index contributed by atoms with van der Waals surface area (Å²) in [5, 5.41) is 9.07. The number of nitrogens with zero attached hydrogens (tertiary/aromatic N) is 1. The van der Waals surface area contributed by atoms with E-state index in [4.69, 9.17) is 5.11 Å². The molecule has 1 aliphatic carbocycles. The van der Waals surface area contributed by atoms with Gasteiger partial charge in [-0.1, -0.05) is 6.07 Å². The van der Waals surface area contributed by atoms with Crippen LogP contribution in [-0.4, -0.2) is 41.4 Å². The average Bonchev–Trinajstić information content (AvgIpc) is 3.10. The molecule has 1 N–H and O–H groups in total. The molecule has 124 valence electrons. The summed E-state index contributed by atoms with van der Waals surface area (Å²) in [5.74, 6) is -5.11. The first-order chi connectivity index (χ1) is 10.9. The van der Waals surface area contributed by atoms with Gasteiger partial charge in [-0.15, -0.1) is 0 Å². The minimum atomic E-state index is -2.78. The summed E-state index contributed by atoms with van der Waals surface area (Å²) in [6, 6.07) is 4.21. The number of likely N-dealkylation sites (tertiary alicyclic amines) is 1. The Balaban J connectivity index is 1.79. The van der Waals surface area contributed by atoms with E-state index in [2.05, 4.69) is 0 Å². The molecule has 2 aliphatic rings. The molecule has 3 rings (SSSR count). The lowest BCUT2D eigenvalue weighted by Gasteiger charge is -2.21. The lowest BCUT2D eigenvalue weighted by Crippen LogP contribution is -2.33. The molecule has 1 aromatic carbocycles. The number of carbonyl (C=O) groups is 2. The molecule has 0 radical (unpaired) electrons. The molecule has 3 atom stereocenters. The van der Waals surface area contributed by atoms with Crippen molar-refractivity contribution < 1.29 is 27.9 Å². The van der Waals surface area contributed by atoms with E-state index in [1.807, 2.05) is 0 Å². The van der Waals surface area contributed by atoms with Crippen molar-refractivity contribution in [2.45, 2.75) is 25.2 Å². The predicted octanol–water partition coefficient (Wildman–Crippen LogP) is 2.28. The number of amides is 1. The Morgan fingerprint density at radius 2 is 2.00 bits per heavy atom. The van der Waals surface area contributed by atoms with Crippen LogP contribution in [0.1, 0.15) is 23.5 Å². The summed E-state index contributed by atoms with van der Waals surface area (Å²) in [6.07, 6.45) is -1.73. The largest absolute Gasteiger partial charge is 0.481 e. The molecule has 23 heavy (non-hydrogen) atoms. The number of alkyl halides is 2. The zero-order valence-electron chi connectivity index (χ0n) is 12.2. The van der Waals surface area contributed by atoms with Crippen LogP contribution >= 0.6 is 0 Å². The smallest absolute Gasteiger partial charge is 0.308 e. The second kappa shape index (κ2) is 5.86. The number of halogens is 3. The van der Waals surface area contributed by atoms with Gasteiger partial charge in [-0.3, -0.25) is 9.59 Å². The van der Waals surface area contributed by atoms with Crippen molar-refractivity contribution in [1.82, 2.24) is 4.90 Å². The number of benzene rings is 1. The molecule has 0 aromatic heterocycles. The van der Waals surface area contributed by atoms with Crippen LogP contribution in [0, 0.1) is 17.7 Å². The van der Waals surface area contributed by atoms with Crippen LogP contribution in [0.4, 0.5) is 13.2 Å². The number of carbonyl (C=O) groups excluding carboxylic acids is 1. The number of hydrogen-bond donors (Lipinski definition) is 1. The predicted molar refractivity (Wildman–Crippen MR) is 74.7 cm³/mol. The highest BCUT2D eigenvalue weighted by molar-refractivity contribution is 5.86. The number of carboxylic acid groups (broad SMARTS) is 1. The summed E-state index contributed by atoms with van der Waals surface area (Å²) in [7, 11) is 0. The molecular weight excluding hydrogens is 311 g/mol. The summed E-state index contributed by atoms with van der Waals surface area (Å²) >= 11 is 0. The van der Waals surface area contributed by atoms with Gasteiger partial charge in [-0.25, -0.2) is 13.2 Å². The molecule has 1 aromatic rings. The Labute approximate surface area is 130 Å². The van der Waals surface area contributed by atoms with Crippen LogP contribution in [-0.2, 0) is 16.0 Å². The quantitative estimate of drug-likeness (QED) is 0.927. The number of fused-ring (bicyclic) bond motifs is 1. The summed E-state index contributed by atoms with van der Waals surface area (Å²) in [6.45, 7) is -0.448. The molecule has 1 aliphatic heterocycles. The van der Waals surface area contributed by atoms with Crippen molar-refractivity contribution in [3.63, 3.8) is 0 Å². The van der Waals surface area contributed by atoms with Gasteiger partial charge in [0, 0.05) is 13.1 Å². The van der Waals surface area contributed by atoms with E-state index in [-0.39, 0.29) is 24.8 Å². The van der Waals surface area contributed by atoms with E-state index < -0.39 is 30.1 Å². The minimum Gasteiger partial charge on any atom is -0.481 e. The van der Waals surface area contributed by atoms with Crippen molar-refractivity contribution in [3.05, 3.63) is 35.1 Å². The van der Waals surface area contributed by atoms with Gasteiger partial charge in [0.25, 0.3) is 0 Å². The molecule has 1 unspecified atom stereocenters. The molecule has 0 spiro atoms. The number of aryl methyl sites for hydroxylation is 1. The maximum absolute atomic E-state index is 13.2. The summed E-state index contributed by atoms with van der Waals surface area (Å²) in [5.41, 5.74) is 1.46. The number of hydrogen-bond acceptors (Lipinski definition) is 2. The van der Waals surface area contributed by atoms with Crippen LogP contribution < -0.4 is 0 Å². The minimum absolute atomic E-state index is 0.198. The van der Waals surface area contributed by atoms with Crippen LogP contribution in [0.5, 0.6) is 0 Å². The first-order valence-corrected chi connectivity index (χ1v) is 7.46. The van der Waals surface area contributed by atoms with Gasteiger partial charge < -0.3 is 10.0 Å². The number of carboxylic acids is 1. The van der Waals surface area contributed by atoms with Crippen molar-refractivity contribution in [1.29, 1.82) is 0 Å². The van der Waals surface area contributed by atoms with Crippen LogP contribution in [0.15, 0.2) is 18.2 Å². The molecule has 0 saturated carbocycles. The van der Waals surface area contributed by atoms with E-state index in [1.54, 1.807) is 6.07 Å². The van der Waals surface area contributed by atoms with Crippen molar-refractivity contribution in [3.8, 4) is 0 Å². The highest BCUT2D eigenvalue weighted by Gasteiger charge is 2.46. The zero-order valence-corrected chi connectivity index (χ0v) is 12.2. The maximum atomic E-state index is 13.2. The normalized spacial score (nSPS) is 26.6. The van der Waals surface area contributed by atoms with E-state index in [9.17, 15) is 22.8 Å². The van der Waals surface area contributed by atoms with Crippen molar-refractivity contribution in [2.75, 3.05) is 13.1 Å². The van der Waals surface area contributed by atoms with Gasteiger partial charge >= 0.3 is 5.97 Å². The Kier molecular flexibility index (Phi) is 4.04. The average molecular weight is 327 g/mol. The van der Waals surface area contributed by atoms with Gasteiger partial charge in [0.1, 0.15) is 5.82 Å². The molecular formula is C16H16F3NO3. The van der Waals surface area contributed by atoms with Gasteiger partial charge in [-0.2, -0.15) is 0 Å². The van der Waals surface area contributed by atoms with E-state index in [1.165, 1.54) is 17.0 Å². The molecule has 0 bridgehead atoms. The van der Waals surface area contributed by atoms with Gasteiger partial charge in [-0.05, 0) is 36.1 Å². The third-order valence-electron chi connectivity index (χ3n) is 4.80. The van der Waals surface area contributed by atoms with Crippen LogP contribution in [0.2, 0.25) is 0 Å². The van der Waals surface area contributed by atoms with E-state index in [0.717, 1.165) is 5.56 Å². The third-order valence-corrected chi connectivity index (χ3v) is 4.80. The SMILES string of the molecule is O=C(O)[C@@H]1CN(C(=O)C2CCc3cc(F)ccc32)C[C@H]1C(F)F. The molecule has 7 heteroatoms. The fourth-order valence-electron chi connectivity index (χ4n) is 3.59. The molecule has 1 saturated heterocycles. The Morgan fingerprint density at radius 3 is 2.61 bits per heavy atom. The molecule has 4 nitrogen and oxygen atoms in total. The molecule has 1 heterocycles. The Hall–Kier alpha value is -2.05.